The minimum absolute atomic E-state index is 0.0220. The third-order valence-corrected chi connectivity index (χ3v) is 4.59. The summed E-state index contributed by atoms with van der Waals surface area (Å²) >= 11 is 0. The monoisotopic (exact) mass is 433 g/mol. The molecule has 0 radical (unpaired) electrons. The molecule has 3 atom stereocenters. The van der Waals surface area contributed by atoms with Crippen LogP contribution in [0.15, 0.2) is 35.3 Å². The molecule has 1 rings (SSSR count). The topological polar surface area (TPSA) is 192 Å². The molecule has 0 bridgehead atoms. The molecule has 1 aromatic carbocycles. The van der Waals surface area contributed by atoms with E-state index in [9.17, 15) is 14.4 Å². The number of hydrogen-bond acceptors (Lipinski definition) is 5. The number of carbonyl (C=O) groups is 3. The van der Waals surface area contributed by atoms with E-state index in [-0.39, 0.29) is 18.3 Å². The van der Waals surface area contributed by atoms with Crippen molar-refractivity contribution in [1.29, 1.82) is 0 Å². The van der Waals surface area contributed by atoms with Gasteiger partial charge in [0.05, 0.1) is 6.04 Å². The molecule has 31 heavy (non-hydrogen) atoms. The van der Waals surface area contributed by atoms with Crippen LogP contribution in [0.25, 0.3) is 0 Å². The normalized spacial score (nSPS) is 13.7. The van der Waals surface area contributed by atoms with Crippen molar-refractivity contribution in [2.75, 3.05) is 6.54 Å². The van der Waals surface area contributed by atoms with E-state index in [0.29, 0.717) is 25.8 Å². The lowest BCUT2D eigenvalue weighted by molar-refractivity contribution is -0.132. The van der Waals surface area contributed by atoms with Gasteiger partial charge in [0.2, 0.25) is 17.7 Å². The van der Waals surface area contributed by atoms with Crippen molar-refractivity contribution in [3.05, 3.63) is 35.9 Å². The SMILES string of the molecule is CC(C)C[C@H](NC(=O)[C@@H](N)CCCN=C(N)N)C(=O)N[C@@H](Cc1ccccc1)C(N)=O. The number of hydrogen-bond donors (Lipinski definition) is 6. The summed E-state index contributed by atoms with van der Waals surface area (Å²) in [7, 11) is 0. The third-order valence-electron chi connectivity index (χ3n) is 4.59. The maximum absolute atomic E-state index is 12.9. The first-order valence-electron chi connectivity index (χ1n) is 10.3. The molecule has 0 aromatic heterocycles. The molecule has 0 aliphatic heterocycles. The molecule has 10 nitrogen and oxygen atoms in total. The fraction of sp³-hybridized carbons (Fsp3) is 0.524. The fourth-order valence-electron chi connectivity index (χ4n) is 2.98. The standard InChI is InChI=1S/C21H35N7O3/c1-13(2)11-17(28-19(30)15(22)9-6-10-26-21(24)25)20(31)27-16(18(23)29)12-14-7-4-3-5-8-14/h3-5,7-8,13,15-17H,6,9-12,22H2,1-2H3,(H2,23,29)(H,27,31)(H,28,30)(H4,24,25,26)/t15-,16-,17-/m0/s1. The van der Waals surface area contributed by atoms with Crippen molar-refractivity contribution in [2.45, 2.75) is 57.7 Å². The van der Waals surface area contributed by atoms with Crippen LogP contribution in [0.2, 0.25) is 0 Å². The molecule has 1 aromatic rings. The quantitative estimate of drug-likeness (QED) is 0.133. The largest absolute Gasteiger partial charge is 0.370 e. The van der Waals surface area contributed by atoms with Crippen LogP contribution in [-0.2, 0) is 20.8 Å². The number of primary amides is 1. The van der Waals surface area contributed by atoms with Crippen LogP contribution in [-0.4, -0.2) is 48.4 Å². The molecular weight excluding hydrogens is 398 g/mol. The zero-order chi connectivity index (χ0) is 23.4. The number of aliphatic imine (C=N–C) groups is 1. The lowest BCUT2D eigenvalue weighted by Crippen LogP contribution is -2.56. The molecule has 0 saturated heterocycles. The lowest BCUT2D eigenvalue weighted by Gasteiger charge is -2.24. The zero-order valence-electron chi connectivity index (χ0n) is 18.2. The molecule has 0 saturated carbocycles. The highest BCUT2D eigenvalue weighted by Crippen LogP contribution is 2.08. The van der Waals surface area contributed by atoms with Gasteiger partial charge in [0.15, 0.2) is 5.96 Å². The molecule has 10 N–H and O–H groups in total. The summed E-state index contributed by atoms with van der Waals surface area (Å²) in [4.78, 5) is 41.1. The smallest absolute Gasteiger partial charge is 0.243 e. The molecule has 0 aliphatic rings. The second kappa shape index (κ2) is 13.2. The maximum Gasteiger partial charge on any atom is 0.243 e. The Morgan fingerprint density at radius 1 is 0.968 bits per heavy atom. The molecule has 0 aliphatic carbocycles. The van der Waals surface area contributed by atoms with Crippen molar-refractivity contribution in [3.63, 3.8) is 0 Å². The van der Waals surface area contributed by atoms with E-state index in [1.54, 1.807) is 0 Å². The molecule has 0 fully saturated rings. The maximum atomic E-state index is 12.9. The van der Waals surface area contributed by atoms with Gasteiger partial charge in [-0.05, 0) is 30.7 Å². The Morgan fingerprint density at radius 3 is 2.13 bits per heavy atom. The van der Waals surface area contributed by atoms with Crippen molar-refractivity contribution in [2.24, 2.45) is 33.8 Å². The molecule has 10 heteroatoms. The van der Waals surface area contributed by atoms with Gasteiger partial charge in [0.1, 0.15) is 12.1 Å². The van der Waals surface area contributed by atoms with Crippen molar-refractivity contribution in [3.8, 4) is 0 Å². The van der Waals surface area contributed by atoms with Gasteiger partial charge < -0.3 is 33.6 Å². The van der Waals surface area contributed by atoms with Crippen molar-refractivity contribution in [1.82, 2.24) is 10.6 Å². The number of guanidine groups is 1. The van der Waals surface area contributed by atoms with E-state index in [1.165, 1.54) is 0 Å². The Bertz CT molecular complexity index is 749. The van der Waals surface area contributed by atoms with Gasteiger partial charge in [-0.2, -0.15) is 0 Å². The second-order valence-corrected chi connectivity index (χ2v) is 7.90. The molecule has 0 spiro atoms. The number of nitrogens with zero attached hydrogens (tertiary/aromatic N) is 1. The highest BCUT2D eigenvalue weighted by Gasteiger charge is 2.27. The first-order chi connectivity index (χ1) is 14.6. The van der Waals surface area contributed by atoms with Gasteiger partial charge in [0, 0.05) is 13.0 Å². The lowest BCUT2D eigenvalue weighted by atomic mass is 10.0. The van der Waals surface area contributed by atoms with Gasteiger partial charge in [-0.3, -0.25) is 19.4 Å². The third kappa shape index (κ3) is 10.4. The van der Waals surface area contributed by atoms with Crippen LogP contribution in [0.3, 0.4) is 0 Å². The van der Waals surface area contributed by atoms with E-state index < -0.39 is 35.8 Å². The van der Waals surface area contributed by atoms with E-state index >= 15 is 0 Å². The second-order valence-electron chi connectivity index (χ2n) is 7.90. The summed E-state index contributed by atoms with van der Waals surface area (Å²) in [6, 6.07) is 6.68. The van der Waals surface area contributed by atoms with Crippen LogP contribution >= 0.6 is 0 Å². The highest BCUT2D eigenvalue weighted by atomic mass is 16.2. The number of amides is 3. The Kier molecular flexibility index (Phi) is 11.0. The summed E-state index contributed by atoms with van der Waals surface area (Å²) in [6.45, 7) is 4.22. The van der Waals surface area contributed by atoms with Crippen LogP contribution in [0.5, 0.6) is 0 Å². The van der Waals surface area contributed by atoms with Crippen molar-refractivity contribution >= 4 is 23.7 Å². The Morgan fingerprint density at radius 2 is 1.58 bits per heavy atom. The summed E-state index contributed by atoms with van der Waals surface area (Å²) in [6.07, 6.45) is 1.52. The summed E-state index contributed by atoms with van der Waals surface area (Å²) < 4.78 is 0. The molecule has 0 unspecified atom stereocenters. The van der Waals surface area contributed by atoms with Crippen LogP contribution in [0, 0.1) is 5.92 Å². The van der Waals surface area contributed by atoms with Crippen LogP contribution in [0.4, 0.5) is 0 Å². The Balaban J connectivity index is 2.75. The van der Waals surface area contributed by atoms with Gasteiger partial charge in [-0.1, -0.05) is 44.2 Å². The average molecular weight is 434 g/mol. The number of benzene rings is 1. The van der Waals surface area contributed by atoms with Crippen molar-refractivity contribution < 1.29 is 14.4 Å². The molecule has 0 heterocycles. The first kappa shape index (κ1) is 25.9. The van der Waals surface area contributed by atoms with Crippen LogP contribution < -0.4 is 33.6 Å². The predicted molar refractivity (Wildman–Crippen MR) is 121 cm³/mol. The van der Waals surface area contributed by atoms with Gasteiger partial charge in [-0.15, -0.1) is 0 Å². The van der Waals surface area contributed by atoms with E-state index in [1.807, 2.05) is 44.2 Å². The number of carbonyl (C=O) groups excluding carboxylic acids is 3. The Hall–Kier alpha value is -3.14. The first-order valence-corrected chi connectivity index (χ1v) is 10.3. The van der Waals surface area contributed by atoms with Gasteiger partial charge in [0.25, 0.3) is 0 Å². The number of rotatable bonds is 13. The zero-order valence-corrected chi connectivity index (χ0v) is 18.2. The minimum atomic E-state index is -0.894. The fourth-order valence-corrected chi connectivity index (χ4v) is 2.98. The van der Waals surface area contributed by atoms with Gasteiger partial charge >= 0.3 is 0 Å². The number of nitrogens with two attached hydrogens (primary N) is 4. The molecular formula is C21H35N7O3. The average Bonchev–Trinajstić information content (AvgIpc) is 2.70. The molecule has 172 valence electrons. The molecule has 3 amide bonds. The van der Waals surface area contributed by atoms with Crippen LogP contribution in [0.1, 0.15) is 38.7 Å². The minimum Gasteiger partial charge on any atom is -0.370 e. The predicted octanol–water partition coefficient (Wildman–Crippen LogP) is -0.889. The highest BCUT2D eigenvalue weighted by molar-refractivity contribution is 5.92. The van der Waals surface area contributed by atoms with E-state index in [0.717, 1.165) is 5.56 Å². The van der Waals surface area contributed by atoms with E-state index in [4.69, 9.17) is 22.9 Å². The number of nitrogens with one attached hydrogen (secondary N) is 2. The summed E-state index contributed by atoms with van der Waals surface area (Å²) in [5, 5.41) is 5.36. The summed E-state index contributed by atoms with van der Waals surface area (Å²) in [5.74, 6) is -1.48. The van der Waals surface area contributed by atoms with Gasteiger partial charge in [-0.25, -0.2) is 0 Å². The Labute approximate surface area is 183 Å². The van der Waals surface area contributed by atoms with E-state index in [2.05, 4.69) is 15.6 Å². The summed E-state index contributed by atoms with van der Waals surface area (Å²) in [5.41, 5.74) is 22.8.